The maximum absolute atomic E-state index is 13.2. The molecule has 0 aliphatic carbocycles. The number of rotatable bonds is 12. The average Bonchev–Trinajstić information content (AvgIpc) is 3.32. The molecular formula is C23H32N4O8. The lowest BCUT2D eigenvalue weighted by molar-refractivity contribution is -0.147. The minimum absolute atomic E-state index is 0.0415. The van der Waals surface area contributed by atoms with E-state index in [4.69, 9.17) is 5.11 Å². The molecule has 0 spiro atoms. The number of carbonyl (C=O) groups is 5. The van der Waals surface area contributed by atoms with Crippen molar-refractivity contribution in [1.82, 2.24) is 21.3 Å². The van der Waals surface area contributed by atoms with Crippen LogP contribution in [0.5, 0.6) is 5.75 Å². The fourth-order valence-electron chi connectivity index (χ4n) is 3.68. The van der Waals surface area contributed by atoms with Crippen molar-refractivity contribution in [2.45, 2.75) is 63.7 Å². The third-order valence-electron chi connectivity index (χ3n) is 5.63. The number of carbonyl (C=O) groups excluding carboxylic acids is 3. The van der Waals surface area contributed by atoms with E-state index in [1.54, 1.807) is 26.0 Å². The van der Waals surface area contributed by atoms with Crippen molar-refractivity contribution in [3.8, 4) is 5.75 Å². The zero-order valence-electron chi connectivity index (χ0n) is 19.6. The molecule has 1 aromatic rings. The molecule has 0 saturated carbocycles. The van der Waals surface area contributed by atoms with Crippen molar-refractivity contribution in [2.24, 2.45) is 5.92 Å². The number of phenolic OH excluding ortho intramolecular Hbond substituents is 1. The van der Waals surface area contributed by atoms with Gasteiger partial charge in [-0.25, -0.2) is 4.79 Å². The Hall–Kier alpha value is -3.67. The predicted molar refractivity (Wildman–Crippen MR) is 123 cm³/mol. The van der Waals surface area contributed by atoms with Crippen molar-refractivity contribution in [3.05, 3.63) is 29.8 Å². The van der Waals surface area contributed by atoms with Gasteiger partial charge in [0.25, 0.3) is 0 Å². The summed E-state index contributed by atoms with van der Waals surface area (Å²) in [5.74, 6) is -5.23. The van der Waals surface area contributed by atoms with Gasteiger partial charge in [0.05, 0.1) is 12.5 Å². The summed E-state index contributed by atoms with van der Waals surface area (Å²) in [7, 11) is 0. The highest BCUT2D eigenvalue weighted by Crippen LogP contribution is 2.13. The van der Waals surface area contributed by atoms with Crippen LogP contribution in [0, 0.1) is 5.92 Å². The van der Waals surface area contributed by atoms with Gasteiger partial charge < -0.3 is 36.6 Å². The van der Waals surface area contributed by atoms with Crippen molar-refractivity contribution >= 4 is 29.7 Å². The highest BCUT2D eigenvalue weighted by Gasteiger charge is 2.33. The van der Waals surface area contributed by atoms with E-state index in [0.717, 1.165) is 6.42 Å². The second kappa shape index (κ2) is 12.7. The Kier molecular flexibility index (Phi) is 10.0. The van der Waals surface area contributed by atoms with Gasteiger partial charge in [0.1, 0.15) is 23.9 Å². The number of hydrogen-bond acceptors (Lipinski definition) is 7. The maximum Gasteiger partial charge on any atom is 0.326 e. The lowest BCUT2D eigenvalue weighted by atomic mass is 10.00. The molecule has 192 valence electrons. The molecule has 3 amide bonds. The number of carboxylic acid groups (broad SMARTS) is 2. The van der Waals surface area contributed by atoms with Crippen molar-refractivity contribution in [3.63, 3.8) is 0 Å². The van der Waals surface area contributed by atoms with Crippen LogP contribution in [0.1, 0.15) is 38.7 Å². The molecular weight excluding hydrogens is 460 g/mol. The van der Waals surface area contributed by atoms with Gasteiger partial charge in [-0.15, -0.1) is 0 Å². The van der Waals surface area contributed by atoms with Gasteiger partial charge in [-0.2, -0.15) is 0 Å². The second-order valence-corrected chi connectivity index (χ2v) is 8.81. The number of benzene rings is 1. The van der Waals surface area contributed by atoms with Crippen molar-refractivity contribution in [2.75, 3.05) is 6.54 Å². The van der Waals surface area contributed by atoms with Gasteiger partial charge in [-0.05, 0) is 43.0 Å². The number of aromatic hydroxyl groups is 1. The number of aliphatic carboxylic acids is 2. The Morgan fingerprint density at radius 2 is 1.63 bits per heavy atom. The average molecular weight is 493 g/mol. The Balaban J connectivity index is 2.18. The van der Waals surface area contributed by atoms with Crippen LogP contribution in [0.4, 0.5) is 0 Å². The summed E-state index contributed by atoms with van der Waals surface area (Å²) in [6.45, 7) is 3.95. The van der Waals surface area contributed by atoms with E-state index < -0.39 is 60.3 Å². The smallest absolute Gasteiger partial charge is 0.326 e. The summed E-state index contributed by atoms with van der Waals surface area (Å²) in [6.07, 6.45) is 0.696. The summed E-state index contributed by atoms with van der Waals surface area (Å²) >= 11 is 0. The number of carboxylic acids is 2. The summed E-state index contributed by atoms with van der Waals surface area (Å²) < 4.78 is 0. The van der Waals surface area contributed by atoms with E-state index in [0.29, 0.717) is 18.5 Å². The first kappa shape index (κ1) is 27.6. The Bertz CT molecular complexity index is 928. The van der Waals surface area contributed by atoms with Crippen LogP contribution in [-0.2, 0) is 30.4 Å². The van der Waals surface area contributed by atoms with Crippen LogP contribution in [-0.4, -0.2) is 75.7 Å². The number of hydrogen-bond donors (Lipinski definition) is 7. The molecule has 1 fully saturated rings. The molecule has 35 heavy (non-hydrogen) atoms. The Morgan fingerprint density at radius 1 is 0.971 bits per heavy atom. The van der Waals surface area contributed by atoms with E-state index in [1.807, 2.05) is 0 Å². The minimum atomic E-state index is -1.67. The molecule has 4 unspecified atom stereocenters. The van der Waals surface area contributed by atoms with Crippen LogP contribution >= 0.6 is 0 Å². The predicted octanol–water partition coefficient (Wildman–Crippen LogP) is -0.644. The maximum atomic E-state index is 13.2. The first-order valence-electron chi connectivity index (χ1n) is 11.3. The van der Waals surface area contributed by atoms with Crippen molar-refractivity contribution < 1.29 is 39.3 Å². The number of phenols is 1. The Morgan fingerprint density at radius 3 is 2.14 bits per heavy atom. The molecule has 1 saturated heterocycles. The van der Waals surface area contributed by atoms with E-state index in [1.165, 1.54) is 12.1 Å². The molecule has 1 aliphatic heterocycles. The third kappa shape index (κ3) is 8.56. The summed E-state index contributed by atoms with van der Waals surface area (Å²) in [4.78, 5) is 60.9. The standard InChI is InChI=1S/C23H32N4O8/c1-12(2)19(22(33)26-17(23(34)35)11-18(29)30)27-21(32)16(10-13-5-7-14(28)8-6-13)25-20(31)15-4-3-9-24-15/h5-8,12,15-17,19,24,28H,3-4,9-11H2,1-2H3,(H,25,31)(H,26,33)(H,27,32)(H,29,30)(H,34,35). The summed E-state index contributed by atoms with van der Waals surface area (Å²) in [5.41, 5.74) is 0.653. The molecule has 7 N–H and O–H groups in total. The van der Waals surface area contributed by atoms with Crippen LogP contribution in [0.2, 0.25) is 0 Å². The van der Waals surface area contributed by atoms with Gasteiger partial charge in [0, 0.05) is 6.42 Å². The highest BCUT2D eigenvalue weighted by molar-refractivity contribution is 5.95. The summed E-state index contributed by atoms with van der Waals surface area (Å²) in [6, 6.07) is 1.75. The number of nitrogens with one attached hydrogen (secondary N) is 4. The number of amides is 3. The van der Waals surface area contributed by atoms with Gasteiger partial charge in [0.2, 0.25) is 17.7 Å². The van der Waals surface area contributed by atoms with E-state index >= 15 is 0 Å². The van der Waals surface area contributed by atoms with E-state index in [9.17, 15) is 34.2 Å². The molecule has 0 radical (unpaired) electrons. The quantitative estimate of drug-likeness (QED) is 0.199. The largest absolute Gasteiger partial charge is 0.508 e. The molecule has 2 rings (SSSR count). The van der Waals surface area contributed by atoms with Crippen LogP contribution in [0.25, 0.3) is 0 Å². The topological polar surface area (TPSA) is 194 Å². The normalized spacial score (nSPS) is 17.7. The zero-order valence-corrected chi connectivity index (χ0v) is 19.6. The lowest BCUT2D eigenvalue weighted by Crippen LogP contribution is -2.59. The fourth-order valence-corrected chi connectivity index (χ4v) is 3.68. The lowest BCUT2D eigenvalue weighted by Gasteiger charge is -2.27. The van der Waals surface area contributed by atoms with Gasteiger partial charge in [-0.1, -0.05) is 26.0 Å². The molecule has 4 atom stereocenters. The van der Waals surface area contributed by atoms with Gasteiger partial charge in [-0.3, -0.25) is 19.2 Å². The minimum Gasteiger partial charge on any atom is -0.508 e. The molecule has 12 nitrogen and oxygen atoms in total. The van der Waals surface area contributed by atoms with Crippen LogP contribution < -0.4 is 21.3 Å². The van der Waals surface area contributed by atoms with E-state index in [2.05, 4.69) is 21.3 Å². The molecule has 12 heteroatoms. The van der Waals surface area contributed by atoms with E-state index in [-0.39, 0.29) is 18.1 Å². The van der Waals surface area contributed by atoms with Gasteiger partial charge >= 0.3 is 11.9 Å². The first-order valence-corrected chi connectivity index (χ1v) is 11.3. The van der Waals surface area contributed by atoms with Crippen LogP contribution in [0.3, 0.4) is 0 Å². The zero-order chi connectivity index (χ0) is 26.1. The third-order valence-corrected chi connectivity index (χ3v) is 5.63. The van der Waals surface area contributed by atoms with Crippen molar-refractivity contribution in [1.29, 1.82) is 0 Å². The highest BCUT2D eigenvalue weighted by atomic mass is 16.4. The molecule has 0 bridgehead atoms. The monoisotopic (exact) mass is 492 g/mol. The summed E-state index contributed by atoms with van der Waals surface area (Å²) in [5, 5.41) is 38.1. The first-order chi connectivity index (χ1) is 16.5. The Labute approximate surface area is 202 Å². The molecule has 1 aliphatic rings. The van der Waals surface area contributed by atoms with Gasteiger partial charge in [0.15, 0.2) is 0 Å². The molecule has 1 heterocycles. The second-order valence-electron chi connectivity index (χ2n) is 8.81. The fraction of sp³-hybridized carbons (Fsp3) is 0.522. The molecule has 1 aromatic carbocycles. The van der Waals surface area contributed by atoms with Crippen LogP contribution in [0.15, 0.2) is 24.3 Å². The SMILES string of the molecule is CC(C)C(NC(=O)C(Cc1ccc(O)cc1)NC(=O)C1CCCN1)C(=O)NC(CC(=O)O)C(=O)O. The molecule has 0 aromatic heterocycles.